The number of aromatic nitrogens is 2. The summed E-state index contributed by atoms with van der Waals surface area (Å²) < 4.78 is 33.4. The van der Waals surface area contributed by atoms with Gasteiger partial charge in [0.2, 0.25) is 0 Å². The fourth-order valence-electron chi connectivity index (χ4n) is 1.21. The van der Waals surface area contributed by atoms with Gasteiger partial charge in [-0.25, -0.2) is 4.68 Å². The first-order valence-electron chi connectivity index (χ1n) is 4.89. The van der Waals surface area contributed by atoms with Crippen molar-refractivity contribution in [3.8, 4) is 5.69 Å². The largest absolute Gasteiger partial charge is 0.394 e. The normalized spacial score (nSPS) is 10.6. The fraction of sp³-hybridized carbons (Fsp3) is 0.100. The van der Waals surface area contributed by atoms with Gasteiger partial charge >= 0.3 is 10.4 Å². The lowest BCUT2D eigenvalue weighted by molar-refractivity contribution is 0.381. The third-order valence-corrected chi connectivity index (χ3v) is 1.94. The van der Waals surface area contributed by atoms with E-state index < -0.39 is 10.4 Å². The summed E-state index contributed by atoms with van der Waals surface area (Å²) in [5.74, 6) is 0. The lowest BCUT2D eigenvalue weighted by atomic mass is 10.2. The van der Waals surface area contributed by atoms with Crippen LogP contribution in [0.2, 0.25) is 0 Å². The summed E-state index contributed by atoms with van der Waals surface area (Å²) >= 11 is 0. The first-order valence-corrected chi connectivity index (χ1v) is 6.29. The van der Waals surface area contributed by atoms with Gasteiger partial charge in [0, 0.05) is 18.9 Å². The average molecular weight is 271 g/mol. The van der Waals surface area contributed by atoms with E-state index in [0.717, 1.165) is 11.3 Å². The zero-order valence-electron chi connectivity index (χ0n) is 9.34. The van der Waals surface area contributed by atoms with Crippen molar-refractivity contribution in [1.82, 2.24) is 9.78 Å². The molecule has 0 bridgehead atoms. The Bertz CT molecular complexity index is 556. The van der Waals surface area contributed by atoms with Crippen molar-refractivity contribution in [2.45, 2.75) is 6.54 Å². The van der Waals surface area contributed by atoms with Gasteiger partial charge in [-0.1, -0.05) is 12.1 Å². The van der Waals surface area contributed by atoms with E-state index in [1.165, 1.54) is 0 Å². The molecule has 4 N–H and O–H groups in total. The second-order valence-corrected chi connectivity index (χ2v) is 4.16. The Morgan fingerprint density at radius 2 is 1.78 bits per heavy atom. The van der Waals surface area contributed by atoms with Crippen LogP contribution < -0.4 is 5.73 Å². The number of rotatable bonds is 2. The molecule has 2 rings (SSSR count). The summed E-state index contributed by atoms with van der Waals surface area (Å²) in [4.78, 5) is 0. The van der Waals surface area contributed by atoms with Crippen LogP contribution in [0, 0.1) is 0 Å². The van der Waals surface area contributed by atoms with E-state index in [-0.39, 0.29) is 0 Å². The molecule has 2 aromatic rings. The van der Waals surface area contributed by atoms with E-state index in [1.54, 1.807) is 6.20 Å². The van der Waals surface area contributed by atoms with Gasteiger partial charge < -0.3 is 5.73 Å². The highest BCUT2D eigenvalue weighted by Gasteiger charge is 1.94. The molecule has 0 amide bonds. The Balaban J connectivity index is 0.000000280. The molecule has 0 aliphatic rings. The minimum atomic E-state index is -4.67. The van der Waals surface area contributed by atoms with Crippen molar-refractivity contribution < 1.29 is 17.5 Å². The minimum Gasteiger partial charge on any atom is -0.326 e. The van der Waals surface area contributed by atoms with Gasteiger partial charge in [0.1, 0.15) is 0 Å². The topological polar surface area (TPSA) is 118 Å². The number of hydrogen-bond donors (Lipinski definition) is 3. The summed E-state index contributed by atoms with van der Waals surface area (Å²) in [6.07, 6.45) is 3.67. The number of hydrogen-bond acceptors (Lipinski definition) is 4. The van der Waals surface area contributed by atoms with Crippen molar-refractivity contribution in [3.05, 3.63) is 48.3 Å². The monoisotopic (exact) mass is 271 g/mol. The van der Waals surface area contributed by atoms with Crippen LogP contribution in [0.1, 0.15) is 5.56 Å². The minimum absolute atomic E-state index is 0.583. The zero-order valence-corrected chi connectivity index (χ0v) is 10.2. The first kappa shape index (κ1) is 14.3. The maximum atomic E-state index is 8.74. The summed E-state index contributed by atoms with van der Waals surface area (Å²) in [5.41, 5.74) is 7.69. The molecule has 8 heteroatoms. The van der Waals surface area contributed by atoms with Crippen molar-refractivity contribution in [1.29, 1.82) is 0 Å². The van der Waals surface area contributed by atoms with Crippen LogP contribution >= 0.6 is 0 Å². The van der Waals surface area contributed by atoms with Crippen LogP contribution in [0.25, 0.3) is 5.69 Å². The highest BCUT2D eigenvalue weighted by Crippen LogP contribution is 2.07. The molecular weight excluding hydrogens is 258 g/mol. The highest BCUT2D eigenvalue weighted by atomic mass is 32.3. The predicted octanol–water partition coefficient (Wildman–Crippen LogP) is 0.678. The highest BCUT2D eigenvalue weighted by molar-refractivity contribution is 7.79. The third-order valence-electron chi connectivity index (χ3n) is 1.94. The van der Waals surface area contributed by atoms with Gasteiger partial charge in [-0.05, 0) is 23.8 Å². The Morgan fingerprint density at radius 3 is 2.17 bits per heavy atom. The van der Waals surface area contributed by atoms with Crippen LogP contribution in [-0.4, -0.2) is 27.3 Å². The molecule has 0 fully saturated rings. The van der Waals surface area contributed by atoms with Gasteiger partial charge in [0.15, 0.2) is 0 Å². The molecule has 0 aliphatic carbocycles. The smallest absolute Gasteiger partial charge is 0.326 e. The molecule has 0 saturated heterocycles. The quantitative estimate of drug-likeness (QED) is 0.691. The number of nitrogens with zero attached hydrogens (tertiary/aromatic N) is 2. The van der Waals surface area contributed by atoms with Crippen LogP contribution in [-0.2, 0) is 16.9 Å². The molecule has 0 atom stereocenters. The predicted molar refractivity (Wildman–Crippen MR) is 65.6 cm³/mol. The molecule has 7 nitrogen and oxygen atoms in total. The van der Waals surface area contributed by atoms with Crippen LogP contribution in [0.3, 0.4) is 0 Å². The molecule has 1 heterocycles. The summed E-state index contributed by atoms with van der Waals surface area (Å²) in [6, 6.07) is 9.94. The van der Waals surface area contributed by atoms with Gasteiger partial charge in [-0.3, -0.25) is 9.11 Å². The van der Waals surface area contributed by atoms with Crippen LogP contribution in [0.4, 0.5) is 0 Å². The van der Waals surface area contributed by atoms with Gasteiger partial charge in [-0.2, -0.15) is 13.5 Å². The van der Waals surface area contributed by atoms with Crippen molar-refractivity contribution in [2.75, 3.05) is 0 Å². The molecule has 0 saturated carbocycles. The van der Waals surface area contributed by atoms with E-state index in [0.29, 0.717) is 6.54 Å². The number of nitrogens with two attached hydrogens (primary N) is 1. The maximum Gasteiger partial charge on any atom is 0.394 e. The molecule has 18 heavy (non-hydrogen) atoms. The van der Waals surface area contributed by atoms with E-state index in [4.69, 9.17) is 23.3 Å². The molecule has 98 valence electrons. The molecule has 1 aromatic carbocycles. The van der Waals surface area contributed by atoms with Crippen molar-refractivity contribution in [2.24, 2.45) is 5.73 Å². The van der Waals surface area contributed by atoms with Gasteiger partial charge in [0.25, 0.3) is 0 Å². The molecule has 0 aliphatic heterocycles. The fourth-order valence-corrected chi connectivity index (χ4v) is 1.21. The maximum absolute atomic E-state index is 8.74. The second-order valence-electron chi connectivity index (χ2n) is 3.27. The molecule has 0 radical (unpaired) electrons. The summed E-state index contributed by atoms with van der Waals surface area (Å²) in [7, 11) is -4.67. The average Bonchev–Trinajstić information content (AvgIpc) is 2.80. The van der Waals surface area contributed by atoms with E-state index in [2.05, 4.69) is 5.10 Å². The lowest BCUT2D eigenvalue weighted by Gasteiger charge is -2.01. The van der Waals surface area contributed by atoms with Crippen molar-refractivity contribution >= 4 is 10.4 Å². The Morgan fingerprint density at radius 1 is 1.22 bits per heavy atom. The van der Waals surface area contributed by atoms with E-state index >= 15 is 0 Å². The summed E-state index contributed by atoms with van der Waals surface area (Å²) in [6.45, 7) is 0.583. The van der Waals surface area contributed by atoms with Gasteiger partial charge in [0.05, 0.1) is 5.69 Å². The van der Waals surface area contributed by atoms with E-state index in [1.807, 2.05) is 41.2 Å². The lowest BCUT2D eigenvalue weighted by Crippen LogP contribution is -1.98. The van der Waals surface area contributed by atoms with Crippen LogP contribution in [0.5, 0.6) is 0 Å². The molecule has 0 spiro atoms. The first-order chi connectivity index (χ1) is 8.40. The third kappa shape index (κ3) is 5.55. The van der Waals surface area contributed by atoms with E-state index in [9.17, 15) is 0 Å². The van der Waals surface area contributed by atoms with Crippen molar-refractivity contribution in [3.63, 3.8) is 0 Å². The number of benzene rings is 1. The Kier molecular flexibility index (Phi) is 4.98. The molecule has 0 unspecified atom stereocenters. The Hall–Kier alpha value is -1.74. The van der Waals surface area contributed by atoms with Crippen LogP contribution in [0.15, 0.2) is 42.7 Å². The van der Waals surface area contributed by atoms with Gasteiger partial charge in [-0.15, -0.1) is 0 Å². The molecular formula is C10H13N3O4S. The second kappa shape index (κ2) is 6.26. The summed E-state index contributed by atoms with van der Waals surface area (Å²) in [5, 5.41) is 4.13. The SMILES string of the molecule is NCc1ccc(-n2cccn2)cc1.O=S(=O)(O)O. The molecule has 1 aromatic heterocycles. The Labute approximate surface area is 104 Å². The zero-order chi connectivity index (χ0) is 13.6. The standard InChI is InChI=1S/C10H11N3.H2O4S/c11-8-9-2-4-10(5-3-9)13-7-1-6-12-13;1-5(2,3)4/h1-7H,8,11H2;(H2,1,2,3,4).